The molecule has 0 aliphatic heterocycles. The van der Waals surface area contributed by atoms with E-state index in [0.29, 0.717) is 18.4 Å². The highest BCUT2D eigenvalue weighted by molar-refractivity contribution is 5.94. The quantitative estimate of drug-likeness (QED) is 0.781. The molecule has 1 aliphatic rings. The second-order valence-electron chi connectivity index (χ2n) is 4.00. The van der Waals surface area contributed by atoms with Crippen molar-refractivity contribution in [1.82, 2.24) is 10.3 Å². The van der Waals surface area contributed by atoms with Gasteiger partial charge in [0.25, 0.3) is 5.91 Å². The highest BCUT2D eigenvalue weighted by Gasteiger charge is 2.50. The number of aliphatic carboxylic acids is 1. The third kappa shape index (κ3) is 2.03. The molecule has 1 aromatic rings. The third-order valence-electron chi connectivity index (χ3n) is 2.84. The second kappa shape index (κ2) is 3.92. The molecule has 1 aromatic heterocycles. The normalized spacial score (nSPS) is 16.5. The van der Waals surface area contributed by atoms with E-state index in [4.69, 9.17) is 5.11 Å². The number of carbonyl (C=O) groups is 2. The number of aromatic nitrogens is 1. The van der Waals surface area contributed by atoms with Crippen LogP contribution in [0.25, 0.3) is 0 Å². The zero-order valence-corrected chi connectivity index (χ0v) is 8.64. The summed E-state index contributed by atoms with van der Waals surface area (Å²) in [7, 11) is 0. The summed E-state index contributed by atoms with van der Waals surface area (Å²) in [6.07, 6.45) is 4.33. The van der Waals surface area contributed by atoms with Crippen LogP contribution in [0.5, 0.6) is 0 Å². The number of nitrogens with one attached hydrogen (secondary N) is 1. The number of nitrogens with zero attached hydrogens (tertiary/aromatic N) is 1. The summed E-state index contributed by atoms with van der Waals surface area (Å²) in [4.78, 5) is 26.3. The third-order valence-corrected chi connectivity index (χ3v) is 2.84. The van der Waals surface area contributed by atoms with Gasteiger partial charge in [0.1, 0.15) is 0 Å². The molecule has 1 saturated carbocycles. The first-order valence-electron chi connectivity index (χ1n) is 5.06. The Hall–Kier alpha value is -1.91. The van der Waals surface area contributed by atoms with Crippen LogP contribution in [-0.2, 0) is 4.79 Å². The molecule has 1 amide bonds. The van der Waals surface area contributed by atoms with Gasteiger partial charge in [0.2, 0.25) is 0 Å². The molecule has 2 N–H and O–H groups in total. The molecule has 0 spiro atoms. The standard InChI is InChI=1S/C11H12N2O3/c14-9(8-1-5-12-6-2-8)13-7-11(3-4-11)10(15)16/h1-2,5-6H,3-4,7H2,(H,13,14)(H,15,16). The number of amides is 1. The Labute approximate surface area is 92.5 Å². The van der Waals surface area contributed by atoms with Crippen LogP contribution in [-0.4, -0.2) is 28.5 Å². The molecule has 1 aliphatic carbocycles. The van der Waals surface area contributed by atoms with Gasteiger partial charge >= 0.3 is 5.97 Å². The van der Waals surface area contributed by atoms with Crippen LogP contribution in [0.15, 0.2) is 24.5 Å². The minimum atomic E-state index is -0.831. The van der Waals surface area contributed by atoms with Crippen LogP contribution < -0.4 is 5.32 Å². The summed E-state index contributed by atoms with van der Waals surface area (Å²) in [5, 5.41) is 11.6. The molecule has 1 heterocycles. The van der Waals surface area contributed by atoms with Gasteiger partial charge in [-0.15, -0.1) is 0 Å². The molecule has 16 heavy (non-hydrogen) atoms. The average molecular weight is 220 g/mol. The van der Waals surface area contributed by atoms with Crippen molar-refractivity contribution in [1.29, 1.82) is 0 Å². The topological polar surface area (TPSA) is 79.3 Å². The molecule has 0 unspecified atom stereocenters. The van der Waals surface area contributed by atoms with Crippen molar-refractivity contribution < 1.29 is 14.7 Å². The van der Waals surface area contributed by atoms with E-state index in [9.17, 15) is 9.59 Å². The first-order valence-corrected chi connectivity index (χ1v) is 5.06. The molecule has 5 nitrogen and oxygen atoms in total. The molecule has 84 valence electrons. The molecule has 1 fully saturated rings. The maximum absolute atomic E-state index is 11.6. The van der Waals surface area contributed by atoms with Gasteiger partial charge in [0.15, 0.2) is 0 Å². The van der Waals surface area contributed by atoms with Gasteiger partial charge < -0.3 is 10.4 Å². The van der Waals surface area contributed by atoms with Crippen LogP contribution in [0.3, 0.4) is 0 Å². The van der Waals surface area contributed by atoms with Crippen LogP contribution in [0, 0.1) is 5.41 Å². The maximum Gasteiger partial charge on any atom is 0.311 e. The van der Waals surface area contributed by atoms with Crippen LogP contribution in [0.2, 0.25) is 0 Å². The number of pyridine rings is 1. The molecule has 0 aromatic carbocycles. The SMILES string of the molecule is O=C(NCC1(C(=O)O)CC1)c1ccncc1. The Morgan fingerprint density at radius 2 is 2.00 bits per heavy atom. The number of carboxylic acids is 1. The van der Waals surface area contributed by atoms with Gasteiger partial charge in [-0.3, -0.25) is 14.6 Å². The van der Waals surface area contributed by atoms with E-state index in [0.717, 1.165) is 0 Å². The highest BCUT2D eigenvalue weighted by atomic mass is 16.4. The van der Waals surface area contributed by atoms with Crippen LogP contribution in [0.4, 0.5) is 0 Å². The summed E-state index contributed by atoms with van der Waals surface area (Å²) < 4.78 is 0. The molecular weight excluding hydrogens is 208 g/mol. The zero-order valence-electron chi connectivity index (χ0n) is 8.64. The number of hydrogen-bond acceptors (Lipinski definition) is 3. The largest absolute Gasteiger partial charge is 0.481 e. The van der Waals surface area contributed by atoms with Crippen molar-refractivity contribution >= 4 is 11.9 Å². The first-order chi connectivity index (χ1) is 7.64. The smallest absolute Gasteiger partial charge is 0.311 e. The highest BCUT2D eigenvalue weighted by Crippen LogP contribution is 2.45. The Morgan fingerprint density at radius 3 is 2.50 bits per heavy atom. The fourth-order valence-corrected chi connectivity index (χ4v) is 1.47. The minimum Gasteiger partial charge on any atom is -0.481 e. The molecule has 5 heteroatoms. The zero-order chi connectivity index (χ0) is 11.6. The van der Waals surface area contributed by atoms with Gasteiger partial charge in [0, 0.05) is 24.5 Å². The Bertz CT molecular complexity index is 412. The number of hydrogen-bond donors (Lipinski definition) is 2. The minimum absolute atomic E-state index is 0.198. The van der Waals surface area contributed by atoms with Crippen molar-refractivity contribution in [2.24, 2.45) is 5.41 Å². The maximum atomic E-state index is 11.6. The molecule has 0 saturated heterocycles. The van der Waals surface area contributed by atoms with Crippen molar-refractivity contribution in [3.63, 3.8) is 0 Å². The Kier molecular flexibility index (Phi) is 2.60. The monoisotopic (exact) mass is 220 g/mol. The number of carbonyl (C=O) groups excluding carboxylic acids is 1. The Morgan fingerprint density at radius 1 is 1.38 bits per heavy atom. The predicted octanol–water partition coefficient (Wildman–Crippen LogP) is 0.676. The summed E-state index contributed by atoms with van der Waals surface area (Å²) in [5.41, 5.74) is -0.223. The first kappa shape index (κ1) is 10.6. The Balaban J connectivity index is 1.92. The van der Waals surface area contributed by atoms with Gasteiger partial charge in [0.05, 0.1) is 5.41 Å². The molecule has 0 atom stereocenters. The fraction of sp³-hybridized carbons (Fsp3) is 0.364. The van der Waals surface area contributed by atoms with E-state index < -0.39 is 11.4 Å². The summed E-state index contributed by atoms with van der Waals surface area (Å²) >= 11 is 0. The van der Waals surface area contributed by atoms with E-state index in [1.165, 1.54) is 12.4 Å². The summed E-state index contributed by atoms with van der Waals surface area (Å²) in [5.74, 6) is -1.09. The lowest BCUT2D eigenvalue weighted by atomic mass is 10.1. The fourth-order valence-electron chi connectivity index (χ4n) is 1.47. The van der Waals surface area contributed by atoms with Crippen molar-refractivity contribution in [3.8, 4) is 0 Å². The van der Waals surface area contributed by atoms with E-state index in [1.807, 2.05) is 0 Å². The molecule has 0 radical (unpaired) electrons. The van der Waals surface area contributed by atoms with E-state index in [1.54, 1.807) is 12.1 Å². The van der Waals surface area contributed by atoms with Gasteiger partial charge in [-0.05, 0) is 25.0 Å². The molecular formula is C11H12N2O3. The van der Waals surface area contributed by atoms with E-state index in [2.05, 4.69) is 10.3 Å². The lowest BCUT2D eigenvalue weighted by Crippen LogP contribution is -2.34. The number of rotatable bonds is 4. The van der Waals surface area contributed by atoms with E-state index in [-0.39, 0.29) is 12.5 Å². The summed E-state index contributed by atoms with van der Waals surface area (Å²) in [6, 6.07) is 3.19. The lowest BCUT2D eigenvalue weighted by Gasteiger charge is -2.10. The second-order valence-corrected chi connectivity index (χ2v) is 4.00. The van der Waals surface area contributed by atoms with Gasteiger partial charge in [-0.1, -0.05) is 0 Å². The molecule has 2 rings (SSSR count). The van der Waals surface area contributed by atoms with Crippen LogP contribution in [0.1, 0.15) is 23.2 Å². The summed E-state index contributed by atoms with van der Waals surface area (Å²) in [6.45, 7) is 0.198. The average Bonchev–Trinajstić information content (AvgIpc) is 3.08. The van der Waals surface area contributed by atoms with Gasteiger partial charge in [-0.25, -0.2) is 0 Å². The van der Waals surface area contributed by atoms with Crippen LogP contribution >= 0.6 is 0 Å². The van der Waals surface area contributed by atoms with Crippen molar-refractivity contribution in [2.75, 3.05) is 6.54 Å². The van der Waals surface area contributed by atoms with Gasteiger partial charge in [-0.2, -0.15) is 0 Å². The predicted molar refractivity (Wildman–Crippen MR) is 55.9 cm³/mol. The lowest BCUT2D eigenvalue weighted by molar-refractivity contribution is -0.143. The van der Waals surface area contributed by atoms with Crippen molar-refractivity contribution in [2.45, 2.75) is 12.8 Å². The van der Waals surface area contributed by atoms with E-state index >= 15 is 0 Å². The molecule has 0 bridgehead atoms. The van der Waals surface area contributed by atoms with Crippen molar-refractivity contribution in [3.05, 3.63) is 30.1 Å². The number of carboxylic acid groups (broad SMARTS) is 1.